The highest BCUT2D eigenvalue weighted by molar-refractivity contribution is 5.78. The lowest BCUT2D eigenvalue weighted by Gasteiger charge is -2.30. The number of nitrogens with zero attached hydrogens (tertiary/aromatic N) is 2. The van der Waals surface area contributed by atoms with Crippen molar-refractivity contribution < 1.29 is 13.9 Å². The second-order valence-corrected chi connectivity index (χ2v) is 6.95. The first kappa shape index (κ1) is 18.6. The molecule has 28 heavy (non-hydrogen) atoms. The Balaban J connectivity index is 1.48. The molecular formula is C21H25FN4O2. The number of benzene rings is 2. The van der Waals surface area contributed by atoms with Crippen molar-refractivity contribution in [3.05, 3.63) is 59.4 Å². The Morgan fingerprint density at radius 3 is 2.86 bits per heavy atom. The minimum absolute atomic E-state index is 0.0555. The lowest BCUT2D eigenvalue weighted by Crippen LogP contribution is -2.38. The highest BCUT2D eigenvalue weighted by atomic mass is 19.1. The van der Waals surface area contributed by atoms with Crippen LogP contribution in [0.5, 0.6) is 5.75 Å². The van der Waals surface area contributed by atoms with Crippen molar-refractivity contribution in [1.82, 2.24) is 5.32 Å². The lowest BCUT2D eigenvalue weighted by molar-refractivity contribution is 0.122. The van der Waals surface area contributed by atoms with Gasteiger partial charge < -0.3 is 25.4 Å². The summed E-state index contributed by atoms with van der Waals surface area (Å²) in [6, 6.07) is 12.8. The van der Waals surface area contributed by atoms with E-state index in [0.29, 0.717) is 32.3 Å². The maximum Gasteiger partial charge on any atom is 0.189 e. The van der Waals surface area contributed by atoms with Gasteiger partial charge in [-0.3, -0.25) is 0 Å². The molecule has 0 aliphatic carbocycles. The summed E-state index contributed by atoms with van der Waals surface area (Å²) in [7, 11) is 0. The van der Waals surface area contributed by atoms with Gasteiger partial charge in [0.15, 0.2) is 5.96 Å². The van der Waals surface area contributed by atoms with E-state index in [4.69, 9.17) is 15.2 Å². The van der Waals surface area contributed by atoms with E-state index in [-0.39, 0.29) is 11.9 Å². The van der Waals surface area contributed by atoms with Gasteiger partial charge in [-0.1, -0.05) is 18.2 Å². The number of guanidine groups is 1. The van der Waals surface area contributed by atoms with Gasteiger partial charge >= 0.3 is 0 Å². The summed E-state index contributed by atoms with van der Waals surface area (Å²) in [6.45, 7) is 3.87. The van der Waals surface area contributed by atoms with Crippen LogP contribution in [0.3, 0.4) is 0 Å². The van der Waals surface area contributed by atoms with Gasteiger partial charge in [0.1, 0.15) is 11.6 Å². The van der Waals surface area contributed by atoms with Crippen molar-refractivity contribution in [2.45, 2.75) is 19.0 Å². The highest BCUT2D eigenvalue weighted by Crippen LogP contribution is 2.31. The van der Waals surface area contributed by atoms with Gasteiger partial charge in [-0.2, -0.15) is 0 Å². The standard InChI is InChI=1S/C21H25FN4O2/c22-16-5-6-19(26-8-11-27-12-9-26)15(13-16)14-24-21(23)25-18-7-10-28-20-4-2-1-3-17(18)20/h1-6,13,18H,7-12,14H2,(H3,23,24,25). The maximum atomic E-state index is 13.8. The van der Waals surface area contributed by atoms with Gasteiger partial charge in [-0.25, -0.2) is 9.38 Å². The van der Waals surface area contributed by atoms with Crippen LogP contribution >= 0.6 is 0 Å². The van der Waals surface area contributed by atoms with Crippen LogP contribution in [0.25, 0.3) is 0 Å². The Morgan fingerprint density at radius 2 is 2.00 bits per heavy atom. The van der Waals surface area contributed by atoms with Crippen molar-refractivity contribution in [3.63, 3.8) is 0 Å². The average molecular weight is 384 g/mol. The number of para-hydroxylation sites is 1. The molecular weight excluding hydrogens is 359 g/mol. The number of halogens is 1. The molecule has 4 rings (SSSR count). The van der Waals surface area contributed by atoms with E-state index in [9.17, 15) is 4.39 Å². The van der Waals surface area contributed by atoms with E-state index < -0.39 is 0 Å². The predicted molar refractivity (Wildman–Crippen MR) is 107 cm³/mol. The number of ether oxygens (including phenoxy) is 2. The van der Waals surface area contributed by atoms with E-state index in [0.717, 1.165) is 42.1 Å². The zero-order valence-electron chi connectivity index (χ0n) is 15.7. The third-order valence-corrected chi connectivity index (χ3v) is 5.09. The molecule has 6 nitrogen and oxygen atoms in total. The van der Waals surface area contributed by atoms with Gasteiger partial charge in [-0.15, -0.1) is 0 Å². The highest BCUT2D eigenvalue weighted by Gasteiger charge is 2.21. The van der Waals surface area contributed by atoms with Crippen LogP contribution in [0, 0.1) is 5.82 Å². The molecule has 2 heterocycles. The first-order valence-electron chi connectivity index (χ1n) is 9.60. The largest absolute Gasteiger partial charge is 0.493 e. The molecule has 2 aliphatic heterocycles. The summed E-state index contributed by atoms with van der Waals surface area (Å²) in [5.41, 5.74) is 9.02. The quantitative estimate of drug-likeness (QED) is 0.626. The number of hydrogen-bond acceptors (Lipinski definition) is 4. The SMILES string of the molecule is NC(=NCc1cc(F)ccc1N1CCOCC1)NC1CCOc2ccccc21. The van der Waals surface area contributed by atoms with Gasteiger partial charge in [-0.05, 0) is 29.8 Å². The van der Waals surface area contributed by atoms with Crippen LogP contribution in [-0.4, -0.2) is 38.9 Å². The predicted octanol–water partition coefficient (Wildman–Crippen LogP) is 2.59. The van der Waals surface area contributed by atoms with Crippen LogP contribution < -0.4 is 20.7 Å². The Kier molecular flexibility index (Phi) is 5.62. The summed E-state index contributed by atoms with van der Waals surface area (Å²) in [5, 5.41) is 3.28. The van der Waals surface area contributed by atoms with Crippen molar-refractivity contribution in [2.24, 2.45) is 10.7 Å². The van der Waals surface area contributed by atoms with E-state index in [1.54, 1.807) is 0 Å². The molecule has 0 amide bonds. The topological polar surface area (TPSA) is 72.1 Å². The molecule has 0 bridgehead atoms. The van der Waals surface area contributed by atoms with Crippen LogP contribution in [0.15, 0.2) is 47.5 Å². The second-order valence-electron chi connectivity index (χ2n) is 6.95. The fourth-order valence-corrected chi connectivity index (χ4v) is 3.68. The fraction of sp³-hybridized carbons (Fsp3) is 0.381. The Morgan fingerprint density at radius 1 is 1.18 bits per heavy atom. The van der Waals surface area contributed by atoms with E-state index in [2.05, 4.69) is 15.2 Å². The minimum atomic E-state index is -0.271. The van der Waals surface area contributed by atoms with Crippen molar-refractivity contribution >= 4 is 11.6 Å². The molecule has 2 aliphatic rings. The molecule has 148 valence electrons. The fourth-order valence-electron chi connectivity index (χ4n) is 3.68. The lowest BCUT2D eigenvalue weighted by atomic mass is 10.0. The van der Waals surface area contributed by atoms with Crippen LogP contribution in [0.1, 0.15) is 23.6 Å². The first-order valence-corrected chi connectivity index (χ1v) is 9.60. The Hall–Kier alpha value is -2.80. The van der Waals surface area contributed by atoms with Crippen molar-refractivity contribution in [3.8, 4) is 5.75 Å². The summed E-state index contributed by atoms with van der Waals surface area (Å²) >= 11 is 0. The van der Waals surface area contributed by atoms with Gasteiger partial charge in [0, 0.05) is 30.8 Å². The third-order valence-electron chi connectivity index (χ3n) is 5.09. The van der Waals surface area contributed by atoms with Crippen LogP contribution in [0.2, 0.25) is 0 Å². The number of hydrogen-bond donors (Lipinski definition) is 2. The molecule has 1 saturated heterocycles. The van der Waals surface area contributed by atoms with E-state index >= 15 is 0 Å². The first-order chi connectivity index (χ1) is 13.7. The normalized spacial score (nSPS) is 19.7. The third kappa shape index (κ3) is 4.20. The number of nitrogens with two attached hydrogens (primary N) is 1. The summed E-state index contributed by atoms with van der Waals surface area (Å²) in [4.78, 5) is 6.68. The molecule has 2 aromatic rings. The number of rotatable bonds is 4. The molecule has 1 unspecified atom stereocenters. The molecule has 0 radical (unpaired) electrons. The zero-order valence-corrected chi connectivity index (χ0v) is 15.7. The molecule has 3 N–H and O–H groups in total. The minimum Gasteiger partial charge on any atom is -0.493 e. The molecule has 1 atom stereocenters. The zero-order chi connectivity index (χ0) is 19.3. The molecule has 1 fully saturated rings. The summed E-state index contributed by atoms with van der Waals surface area (Å²) in [5.74, 6) is 0.949. The number of nitrogens with one attached hydrogen (secondary N) is 1. The summed E-state index contributed by atoms with van der Waals surface area (Å²) in [6.07, 6.45) is 0.812. The average Bonchev–Trinajstić information content (AvgIpc) is 2.73. The number of aliphatic imine (C=N–C) groups is 1. The summed E-state index contributed by atoms with van der Waals surface area (Å²) < 4.78 is 24.9. The van der Waals surface area contributed by atoms with Gasteiger partial charge in [0.05, 0.1) is 32.4 Å². The molecule has 0 spiro atoms. The van der Waals surface area contributed by atoms with Crippen molar-refractivity contribution in [2.75, 3.05) is 37.8 Å². The van der Waals surface area contributed by atoms with Gasteiger partial charge in [0.2, 0.25) is 0 Å². The molecule has 7 heteroatoms. The van der Waals surface area contributed by atoms with Gasteiger partial charge in [0.25, 0.3) is 0 Å². The molecule has 0 saturated carbocycles. The van der Waals surface area contributed by atoms with E-state index in [1.807, 2.05) is 30.3 Å². The molecule has 0 aromatic heterocycles. The van der Waals surface area contributed by atoms with E-state index in [1.165, 1.54) is 12.1 Å². The van der Waals surface area contributed by atoms with Crippen LogP contribution in [0.4, 0.5) is 10.1 Å². The Labute approximate surface area is 164 Å². The second kappa shape index (κ2) is 8.48. The smallest absolute Gasteiger partial charge is 0.189 e. The maximum absolute atomic E-state index is 13.8. The number of morpholine rings is 1. The molecule has 2 aromatic carbocycles. The number of fused-ring (bicyclic) bond motifs is 1. The Bertz CT molecular complexity index is 852. The number of anilines is 1. The van der Waals surface area contributed by atoms with Crippen molar-refractivity contribution in [1.29, 1.82) is 0 Å². The monoisotopic (exact) mass is 384 g/mol. The van der Waals surface area contributed by atoms with Crippen LogP contribution in [-0.2, 0) is 11.3 Å².